The van der Waals surface area contributed by atoms with Gasteiger partial charge in [-0.3, -0.25) is 9.00 Å². The third-order valence-corrected chi connectivity index (χ3v) is 7.24. The fourth-order valence-electron chi connectivity index (χ4n) is 3.96. The second kappa shape index (κ2) is 13.7. The number of nitrogens with zero attached hydrogens (tertiary/aromatic N) is 1. The normalized spacial score (nSPS) is 13.1. The smallest absolute Gasteiger partial charge is 0.407 e. The molecule has 0 aliphatic rings. The number of hydrogen-bond donors (Lipinski definition) is 3. The molecule has 2 amide bonds. The molecule has 1 unspecified atom stereocenters. The van der Waals surface area contributed by atoms with E-state index in [-0.39, 0.29) is 12.3 Å². The number of methoxy groups -OCH3 is 1. The van der Waals surface area contributed by atoms with Crippen LogP contribution in [0.5, 0.6) is 0 Å². The average molecular weight is 564 g/mol. The van der Waals surface area contributed by atoms with E-state index in [1.165, 1.54) is 18.4 Å². The first kappa shape index (κ1) is 28.0. The summed E-state index contributed by atoms with van der Waals surface area (Å²) in [6.45, 7) is 0. The van der Waals surface area contributed by atoms with Gasteiger partial charge in [-0.15, -0.1) is 11.3 Å². The Hall–Kier alpha value is -4.06. The van der Waals surface area contributed by atoms with Crippen molar-refractivity contribution in [2.24, 2.45) is 0 Å². The summed E-state index contributed by atoms with van der Waals surface area (Å²) in [5, 5.41) is 8.34. The van der Waals surface area contributed by atoms with E-state index >= 15 is 0 Å². The highest BCUT2D eigenvalue weighted by atomic mass is 32.2. The van der Waals surface area contributed by atoms with Crippen LogP contribution >= 0.6 is 11.3 Å². The zero-order valence-electron chi connectivity index (χ0n) is 21.0. The maximum atomic E-state index is 13.5. The number of nitrogens with one attached hydrogen (secondary N) is 3. The van der Waals surface area contributed by atoms with Gasteiger partial charge in [-0.25, -0.2) is 9.78 Å². The highest BCUT2D eigenvalue weighted by Gasteiger charge is 2.26. The molecule has 9 nitrogen and oxygen atoms in total. The minimum absolute atomic E-state index is 0.272. The van der Waals surface area contributed by atoms with Crippen molar-refractivity contribution in [2.45, 2.75) is 24.9 Å². The largest absolute Gasteiger partial charge is 0.755 e. The standard InChI is InChI=1S/C28H28N4O5S2/c1-37-28(34)31-23(16-19-8-4-2-5-9-19)26(33)29-24(17-20-12-14-22(15-13-20)32-39(35)36)27-30-25(18-38-27)21-10-6-3-7-11-21/h2-15,18,23-24,32H,16-17H2,1H3,(H,29,33)(H,31,34)(H,35,36)/p-1/t23-,24-/m0/s1. The summed E-state index contributed by atoms with van der Waals surface area (Å²) in [6.07, 6.45) is -0.0409. The zero-order chi connectivity index (χ0) is 27.6. The molecule has 0 saturated heterocycles. The molecule has 3 aromatic carbocycles. The maximum Gasteiger partial charge on any atom is 0.407 e. The summed E-state index contributed by atoms with van der Waals surface area (Å²) >= 11 is -0.998. The van der Waals surface area contributed by atoms with E-state index in [2.05, 4.69) is 15.4 Å². The topological polar surface area (TPSA) is 132 Å². The number of benzene rings is 3. The third-order valence-electron chi connectivity index (χ3n) is 5.88. The lowest BCUT2D eigenvalue weighted by Gasteiger charge is -2.22. The summed E-state index contributed by atoms with van der Waals surface area (Å²) in [5.41, 5.74) is 3.92. The van der Waals surface area contributed by atoms with Gasteiger partial charge in [0.1, 0.15) is 11.0 Å². The van der Waals surface area contributed by atoms with E-state index in [1.807, 2.05) is 66.0 Å². The summed E-state index contributed by atoms with van der Waals surface area (Å²) in [6, 6.07) is 24.6. The van der Waals surface area contributed by atoms with Gasteiger partial charge in [-0.05, 0) is 29.7 Å². The monoisotopic (exact) mass is 563 g/mol. The number of aromatic nitrogens is 1. The predicted octanol–water partition coefficient (Wildman–Crippen LogP) is 4.38. The Morgan fingerprint density at radius 1 is 0.923 bits per heavy atom. The van der Waals surface area contributed by atoms with E-state index in [4.69, 9.17) is 9.72 Å². The van der Waals surface area contributed by atoms with Crippen molar-refractivity contribution in [3.05, 3.63) is 106 Å². The number of alkyl carbamates (subject to hydrolysis) is 1. The summed E-state index contributed by atoms with van der Waals surface area (Å²) in [5.74, 6) is -0.384. The van der Waals surface area contributed by atoms with Gasteiger partial charge in [-0.2, -0.15) is 0 Å². The van der Waals surface area contributed by atoms with Crippen LogP contribution in [0.15, 0.2) is 90.3 Å². The Bertz CT molecular complexity index is 1400. The number of hydrogen-bond acceptors (Lipinski definition) is 7. The molecular weight excluding hydrogens is 536 g/mol. The first-order valence-electron chi connectivity index (χ1n) is 12.1. The van der Waals surface area contributed by atoms with Crippen molar-refractivity contribution in [1.29, 1.82) is 0 Å². The number of anilines is 1. The number of thiazole rings is 1. The molecule has 3 atom stereocenters. The maximum absolute atomic E-state index is 13.5. The fourth-order valence-corrected chi connectivity index (χ4v) is 5.17. The van der Waals surface area contributed by atoms with Crippen LogP contribution in [-0.2, 0) is 33.6 Å². The Labute approximate surface area is 233 Å². The molecule has 0 aliphatic heterocycles. The average Bonchev–Trinajstić information content (AvgIpc) is 3.44. The molecule has 0 spiro atoms. The Morgan fingerprint density at radius 3 is 2.21 bits per heavy atom. The number of ether oxygens (including phenoxy) is 1. The molecule has 11 heteroatoms. The molecule has 4 rings (SSSR count). The van der Waals surface area contributed by atoms with Crippen molar-refractivity contribution < 1.29 is 23.1 Å². The number of rotatable bonds is 11. The van der Waals surface area contributed by atoms with Gasteiger partial charge in [0.05, 0.1) is 18.8 Å². The van der Waals surface area contributed by atoms with E-state index in [0.717, 1.165) is 22.4 Å². The van der Waals surface area contributed by atoms with Crippen LogP contribution in [0.2, 0.25) is 0 Å². The fraction of sp³-hybridized carbons (Fsp3) is 0.179. The second-order valence-electron chi connectivity index (χ2n) is 8.61. The predicted molar refractivity (Wildman–Crippen MR) is 151 cm³/mol. The highest BCUT2D eigenvalue weighted by Crippen LogP contribution is 2.28. The van der Waals surface area contributed by atoms with Crippen LogP contribution in [0.4, 0.5) is 10.5 Å². The van der Waals surface area contributed by atoms with E-state index in [1.54, 1.807) is 24.3 Å². The van der Waals surface area contributed by atoms with Crippen molar-refractivity contribution in [2.75, 3.05) is 11.8 Å². The minimum Gasteiger partial charge on any atom is -0.755 e. The molecule has 1 heterocycles. The lowest BCUT2D eigenvalue weighted by molar-refractivity contribution is -0.123. The second-order valence-corrected chi connectivity index (χ2v) is 10.2. The van der Waals surface area contributed by atoms with Crippen LogP contribution in [0.3, 0.4) is 0 Å². The number of amides is 2. The summed E-state index contributed by atoms with van der Waals surface area (Å²) < 4.78 is 29.0. The van der Waals surface area contributed by atoms with Gasteiger partial charge >= 0.3 is 6.09 Å². The molecule has 0 bridgehead atoms. The van der Waals surface area contributed by atoms with Crippen LogP contribution in [0.1, 0.15) is 22.2 Å². The Balaban J connectivity index is 1.60. The molecule has 1 aromatic heterocycles. The Morgan fingerprint density at radius 2 is 1.56 bits per heavy atom. The van der Waals surface area contributed by atoms with Crippen LogP contribution < -0.4 is 15.4 Å². The van der Waals surface area contributed by atoms with Gasteiger partial charge in [0.25, 0.3) is 0 Å². The summed E-state index contributed by atoms with van der Waals surface area (Å²) in [4.78, 5) is 30.4. The minimum atomic E-state index is -2.43. The zero-order valence-corrected chi connectivity index (χ0v) is 22.7. The lowest BCUT2D eigenvalue weighted by atomic mass is 10.0. The molecule has 39 heavy (non-hydrogen) atoms. The van der Waals surface area contributed by atoms with Crippen LogP contribution in [0.25, 0.3) is 11.3 Å². The van der Waals surface area contributed by atoms with Gasteiger partial charge in [-0.1, -0.05) is 72.8 Å². The van der Waals surface area contributed by atoms with Crippen molar-refractivity contribution in [3.8, 4) is 11.3 Å². The molecule has 0 radical (unpaired) electrons. The molecule has 0 aliphatic carbocycles. The SMILES string of the molecule is COC(=O)N[C@@H](Cc1ccccc1)C(=O)N[C@@H](Cc1ccc(NS(=O)[O-])cc1)c1nc(-c2ccccc2)cs1. The number of carbonyl (C=O) groups is 2. The van der Waals surface area contributed by atoms with E-state index in [0.29, 0.717) is 17.1 Å². The van der Waals surface area contributed by atoms with E-state index < -0.39 is 29.4 Å². The molecule has 202 valence electrons. The van der Waals surface area contributed by atoms with Gasteiger partial charge < -0.3 is 24.6 Å². The van der Waals surface area contributed by atoms with Crippen molar-refractivity contribution >= 4 is 40.3 Å². The third kappa shape index (κ3) is 8.21. The molecule has 0 fully saturated rings. The first-order chi connectivity index (χ1) is 18.9. The molecule has 4 aromatic rings. The van der Waals surface area contributed by atoms with Gasteiger partial charge in [0.15, 0.2) is 0 Å². The molecule has 0 saturated carbocycles. The lowest BCUT2D eigenvalue weighted by Crippen LogP contribution is -2.49. The highest BCUT2D eigenvalue weighted by molar-refractivity contribution is 7.80. The first-order valence-corrected chi connectivity index (χ1v) is 14.0. The summed E-state index contributed by atoms with van der Waals surface area (Å²) in [7, 11) is 1.25. The van der Waals surface area contributed by atoms with Gasteiger partial charge in [0, 0.05) is 34.3 Å². The quantitative estimate of drug-likeness (QED) is 0.232. The van der Waals surface area contributed by atoms with Crippen molar-refractivity contribution in [1.82, 2.24) is 15.6 Å². The number of carbonyl (C=O) groups excluding carboxylic acids is 2. The molecule has 3 N–H and O–H groups in total. The van der Waals surface area contributed by atoms with Crippen LogP contribution in [-0.4, -0.2) is 38.9 Å². The van der Waals surface area contributed by atoms with Crippen LogP contribution in [0, 0.1) is 0 Å². The molecular formula is C28H27N4O5S2-. The Kier molecular flexibility index (Phi) is 9.79. The van der Waals surface area contributed by atoms with Crippen molar-refractivity contribution in [3.63, 3.8) is 0 Å². The van der Waals surface area contributed by atoms with Gasteiger partial charge in [0.2, 0.25) is 5.91 Å². The van der Waals surface area contributed by atoms with E-state index in [9.17, 15) is 18.4 Å².